The molecule has 0 unspecified atom stereocenters. The van der Waals surface area contributed by atoms with Gasteiger partial charge in [-0.25, -0.2) is 0 Å². The highest BCUT2D eigenvalue weighted by atomic mass is 16.5. The lowest BCUT2D eigenvalue weighted by atomic mass is 10.2. The van der Waals surface area contributed by atoms with Crippen LogP contribution in [-0.2, 0) is 9.47 Å². The highest BCUT2D eigenvalue weighted by Gasteiger charge is 2.11. The lowest BCUT2D eigenvalue weighted by Crippen LogP contribution is -2.31. The van der Waals surface area contributed by atoms with Gasteiger partial charge in [0.25, 0.3) is 0 Å². The Hall–Kier alpha value is -1.34. The van der Waals surface area contributed by atoms with Crippen molar-refractivity contribution in [3.8, 4) is 5.75 Å². The third-order valence-electron chi connectivity index (χ3n) is 2.91. The van der Waals surface area contributed by atoms with E-state index < -0.39 is 0 Å². The average molecular weight is 299 g/mol. The first-order valence-electron chi connectivity index (χ1n) is 7.08. The Balaban J connectivity index is 2.60. The molecule has 1 aromatic rings. The Kier molecular flexibility index (Phi) is 9.56. The normalized spacial score (nSPS) is 10.6. The molecule has 21 heavy (non-hydrogen) atoms. The lowest BCUT2D eigenvalue weighted by molar-refractivity contribution is 0.0883. The van der Waals surface area contributed by atoms with Gasteiger partial charge in [0.1, 0.15) is 5.75 Å². The Bertz CT molecular complexity index is 363. The molecule has 0 radical (unpaired) electrons. The van der Waals surface area contributed by atoms with E-state index in [1.54, 1.807) is 7.11 Å². The molecule has 0 aliphatic carbocycles. The second kappa shape index (κ2) is 11.3. The molecular formula is C15H25NO5. The van der Waals surface area contributed by atoms with Crippen molar-refractivity contribution in [2.45, 2.75) is 0 Å². The summed E-state index contributed by atoms with van der Waals surface area (Å²) in [5.41, 5.74) is 0.972. The van der Waals surface area contributed by atoms with Crippen molar-refractivity contribution in [1.82, 2.24) is 0 Å². The second-order valence-electron chi connectivity index (χ2n) is 4.33. The van der Waals surface area contributed by atoms with Crippen molar-refractivity contribution >= 4 is 5.69 Å². The smallest absolute Gasteiger partial charge is 0.142 e. The van der Waals surface area contributed by atoms with E-state index in [2.05, 4.69) is 4.90 Å². The standard InChI is InChI=1S/C15H25NO5/c1-19-15-5-3-2-4-14(15)16(6-10-20-12-8-17)7-11-21-13-9-18/h2-5,17-18H,6-13H2,1H3. The zero-order chi connectivity index (χ0) is 15.3. The summed E-state index contributed by atoms with van der Waals surface area (Å²) in [6.07, 6.45) is 0. The highest BCUT2D eigenvalue weighted by molar-refractivity contribution is 5.58. The van der Waals surface area contributed by atoms with Crippen LogP contribution in [0.3, 0.4) is 0 Å². The van der Waals surface area contributed by atoms with Crippen LogP contribution in [0.1, 0.15) is 0 Å². The Labute approximate surface area is 125 Å². The van der Waals surface area contributed by atoms with Crippen LogP contribution in [0.15, 0.2) is 24.3 Å². The Morgan fingerprint density at radius 3 is 2.00 bits per heavy atom. The molecule has 0 aromatic heterocycles. The summed E-state index contributed by atoms with van der Waals surface area (Å²) in [6.45, 7) is 3.08. The minimum atomic E-state index is 0.0221. The minimum absolute atomic E-state index is 0.0221. The number of rotatable bonds is 12. The number of methoxy groups -OCH3 is 1. The van der Waals surface area contributed by atoms with E-state index in [-0.39, 0.29) is 13.2 Å². The number of benzene rings is 1. The maximum absolute atomic E-state index is 8.73. The van der Waals surface area contributed by atoms with Gasteiger partial charge in [-0.1, -0.05) is 12.1 Å². The van der Waals surface area contributed by atoms with Gasteiger partial charge in [0.05, 0.1) is 52.4 Å². The quantitative estimate of drug-likeness (QED) is 0.548. The van der Waals surface area contributed by atoms with Gasteiger partial charge >= 0.3 is 0 Å². The van der Waals surface area contributed by atoms with Crippen LogP contribution in [0.25, 0.3) is 0 Å². The van der Waals surface area contributed by atoms with Crippen LogP contribution in [0, 0.1) is 0 Å². The predicted molar refractivity (Wildman–Crippen MR) is 81.0 cm³/mol. The van der Waals surface area contributed by atoms with Crippen LogP contribution in [0.4, 0.5) is 5.69 Å². The summed E-state index contributed by atoms with van der Waals surface area (Å²) < 4.78 is 16.0. The third kappa shape index (κ3) is 6.77. The fourth-order valence-corrected chi connectivity index (χ4v) is 1.93. The predicted octanol–water partition coefficient (Wildman–Crippen LogP) is 0.519. The van der Waals surface area contributed by atoms with E-state index in [9.17, 15) is 0 Å². The third-order valence-corrected chi connectivity index (χ3v) is 2.91. The zero-order valence-corrected chi connectivity index (χ0v) is 12.5. The molecule has 1 aromatic carbocycles. The maximum Gasteiger partial charge on any atom is 0.142 e. The van der Waals surface area contributed by atoms with E-state index in [0.717, 1.165) is 11.4 Å². The van der Waals surface area contributed by atoms with Gasteiger partial charge in [-0.3, -0.25) is 0 Å². The molecule has 0 atom stereocenters. The van der Waals surface area contributed by atoms with Gasteiger partial charge in [0.2, 0.25) is 0 Å². The molecule has 0 amide bonds. The molecule has 0 saturated heterocycles. The summed E-state index contributed by atoms with van der Waals surface area (Å²) in [5.74, 6) is 0.793. The summed E-state index contributed by atoms with van der Waals surface area (Å²) in [6, 6.07) is 7.77. The van der Waals surface area contributed by atoms with Crippen molar-refractivity contribution in [2.75, 3.05) is 64.7 Å². The number of ether oxygens (including phenoxy) is 3. The van der Waals surface area contributed by atoms with E-state index in [1.807, 2.05) is 24.3 Å². The molecule has 6 heteroatoms. The molecule has 0 heterocycles. The Morgan fingerprint density at radius 1 is 0.905 bits per heavy atom. The molecule has 0 spiro atoms. The fraction of sp³-hybridized carbons (Fsp3) is 0.600. The first-order chi connectivity index (χ1) is 10.3. The first-order valence-corrected chi connectivity index (χ1v) is 7.08. The van der Waals surface area contributed by atoms with E-state index in [0.29, 0.717) is 39.5 Å². The van der Waals surface area contributed by atoms with Crippen molar-refractivity contribution in [3.05, 3.63) is 24.3 Å². The van der Waals surface area contributed by atoms with E-state index in [4.69, 9.17) is 24.4 Å². The van der Waals surface area contributed by atoms with Gasteiger partial charge in [-0.15, -0.1) is 0 Å². The number of para-hydroxylation sites is 2. The topological polar surface area (TPSA) is 71.4 Å². The Morgan fingerprint density at radius 2 is 1.48 bits per heavy atom. The second-order valence-corrected chi connectivity index (χ2v) is 4.33. The summed E-state index contributed by atoms with van der Waals surface area (Å²) in [7, 11) is 1.64. The number of aliphatic hydroxyl groups is 2. The molecule has 1 rings (SSSR count). The summed E-state index contributed by atoms with van der Waals surface area (Å²) in [5, 5.41) is 17.5. The van der Waals surface area contributed by atoms with Crippen molar-refractivity contribution in [3.63, 3.8) is 0 Å². The van der Waals surface area contributed by atoms with Crippen LogP contribution < -0.4 is 9.64 Å². The molecule has 0 bridgehead atoms. The molecule has 0 fully saturated rings. The van der Waals surface area contributed by atoms with Crippen LogP contribution in [0.5, 0.6) is 5.75 Å². The molecule has 2 N–H and O–H groups in total. The van der Waals surface area contributed by atoms with Gasteiger partial charge in [0, 0.05) is 13.1 Å². The van der Waals surface area contributed by atoms with E-state index in [1.165, 1.54) is 0 Å². The highest BCUT2D eigenvalue weighted by Crippen LogP contribution is 2.27. The number of hydrogen-bond donors (Lipinski definition) is 2. The summed E-state index contributed by atoms with van der Waals surface area (Å²) >= 11 is 0. The van der Waals surface area contributed by atoms with Crippen LogP contribution in [0.2, 0.25) is 0 Å². The number of hydrogen-bond acceptors (Lipinski definition) is 6. The molecular weight excluding hydrogens is 274 g/mol. The summed E-state index contributed by atoms with van der Waals surface area (Å²) in [4.78, 5) is 2.10. The largest absolute Gasteiger partial charge is 0.495 e. The monoisotopic (exact) mass is 299 g/mol. The molecule has 0 saturated carbocycles. The molecule has 0 aliphatic heterocycles. The number of nitrogens with zero attached hydrogens (tertiary/aromatic N) is 1. The molecule has 0 aliphatic rings. The van der Waals surface area contributed by atoms with E-state index >= 15 is 0 Å². The average Bonchev–Trinajstić information content (AvgIpc) is 2.53. The van der Waals surface area contributed by atoms with Crippen molar-refractivity contribution in [1.29, 1.82) is 0 Å². The van der Waals surface area contributed by atoms with Gasteiger partial charge < -0.3 is 29.3 Å². The first kappa shape index (κ1) is 17.7. The SMILES string of the molecule is COc1ccccc1N(CCOCCO)CCOCCO. The van der Waals surface area contributed by atoms with Gasteiger partial charge in [-0.2, -0.15) is 0 Å². The molecule has 120 valence electrons. The van der Waals surface area contributed by atoms with Gasteiger partial charge in [-0.05, 0) is 12.1 Å². The van der Waals surface area contributed by atoms with Crippen molar-refractivity contribution < 1.29 is 24.4 Å². The maximum atomic E-state index is 8.73. The van der Waals surface area contributed by atoms with Crippen LogP contribution >= 0.6 is 0 Å². The number of aliphatic hydroxyl groups excluding tert-OH is 2. The van der Waals surface area contributed by atoms with Gasteiger partial charge in [0.15, 0.2) is 0 Å². The molecule has 6 nitrogen and oxygen atoms in total. The minimum Gasteiger partial charge on any atom is -0.495 e. The fourth-order valence-electron chi connectivity index (χ4n) is 1.93. The lowest BCUT2D eigenvalue weighted by Gasteiger charge is -2.26. The van der Waals surface area contributed by atoms with Crippen LogP contribution in [-0.4, -0.2) is 70.1 Å². The zero-order valence-electron chi connectivity index (χ0n) is 12.5. The number of anilines is 1. The van der Waals surface area contributed by atoms with Crippen molar-refractivity contribution in [2.24, 2.45) is 0 Å².